The first kappa shape index (κ1) is 22.6. The molecule has 1 N–H and O–H groups in total. The van der Waals surface area contributed by atoms with Gasteiger partial charge in [-0.3, -0.25) is 4.98 Å². The molecule has 0 spiro atoms. The summed E-state index contributed by atoms with van der Waals surface area (Å²) in [6.45, 7) is 0. The van der Waals surface area contributed by atoms with E-state index in [4.69, 9.17) is 26.1 Å². The highest BCUT2D eigenvalue weighted by Crippen LogP contribution is 2.43. The number of thiocarbonyl (C=S) groups is 1. The molecule has 0 radical (unpaired) electrons. The molecular weight excluding hydrogens is 462 g/mol. The molecule has 0 saturated carbocycles. The van der Waals surface area contributed by atoms with Crippen LogP contribution in [-0.4, -0.2) is 30.3 Å². The zero-order valence-electron chi connectivity index (χ0n) is 19.2. The van der Waals surface area contributed by atoms with Crippen molar-refractivity contribution in [2.45, 2.75) is 12.1 Å². The third-order valence-electron chi connectivity index (χ3n) is 5.92. The fourth-order valence-electron chi connectivity index (χ4n) is 4.27. The highest BCUT2D eigenvalue weighted by Gasteiger charge is 2.42. The van der Waals surface area contributed by atoms with E-state index in [1.54, 1.807) is 31.5 Å². The summed E-state index contributed by atoms with van der Waals surface area (Å²) in [6, 6.07) is 24.0. The Balaban J connectivity index is 1.58. The van der Waals surface area contributed by atoms with Gasteiger partial charge < -0.3 is 24.1 Å². The van der Waals surface area contributed by atoms with Crippen molar-refractivity contribution in [1.29, 1.82) is 0 Å². The zero-order valence-corrected chi connectivity index (χ0v) is 20.0. The Morgan fingerprint density at radius 3 is 2.66 bits per heavy atom. The minimum absolute atomic E-state index is 0.240. The molecule has 3 heterocycles. The van der Waals surface area contributed by atoms with E-state index in [1.165, 1.54) is 7.11 Å². The number of benzene rings is 2. The summed E-state index contributed by atoms with van der Waals surface area (Å²) in [6.07, 6.45) is 1.76. The van der Waals surface area contributed by atoms with E-state index in [9.17, 15) is 4.79 Å². The first-order valence-corrected chi connectivity index (χ1v) is 11.4. The zero-order chi connectivity index (χ0) is 24.4. The number of hydrogen-bond donors (Lipinski definition) is 1. The van der Waals surface area contributed by atoms with Gasteiger partial charge in [-0.15, -0.1) is 0 Å². The number of aromatic nitrogens is 1. The number of carbonyl (C=O) groups excluding carboxylic acids is 1. The van der Waals surface area contributed by atoms with Crippen LogP contribution >= 0.6 is 12.2 Å². The Kier molecular flexibility index (Phi) is 6.20. The van der Waals surface area contributed by atoms with Crippen LogP contribution < -0.4 is 15.0 Å². The smallest absolute Gasteiger partial charge is 0.337 e. The van der Waals surface area contributed by atoms with E-state index in [-0.39, 0.29) is 12.1 Å². The number of carbonyl (C=O) groups is 1. The summed E-state index contributed by atoms with van der Waals surface area (Å²) >= 11 is 5.77. The summed E-state index contributed by atoms with van der Waals surface area (Å²) < 4.78 is 16.7. The van der Waals surface area contributed by atoms with Crippen molar-refractivity contribution in [3.63, 3.8) is 0 Å². The molecular formula is C27H23N3O4S. The fourth-order valence-corrected chi connectivity index (χ4v) is 4.61. The maximum atomic E-state index is 12.0. The molecule has 1 fully saturated rings. The molecule has 176 valence electrons. The maximum Gasteiger partial charge on any atom is 0.337 e. The third kappa shape index (κ3) is 4.36. The Labute approximate surface area is 208 Å². The van der Waals surface area contributed by atoms with E-state index in [0.29, 0.717) is 22.2 Å². The van der Waals surface area contributed by atoms with Crippen molar-refractivity contribution in [3.8, 4) is 17.1 Å². The first-order valence-electron chi connectivity index (χ1n) is 11.0. The van der Waals surface area contributed by atoms with Gasteiger partial charge in [0.05, 0.1) is 31.5 Å². The molecule has 0 bridgehead atoms. The summed E-state index contributed by atoms with van der Waals surface area (Å²) in [5.74, 6) is 1.66. The van der Waals surface area contributed by atoms with Gasteiger partial charge in [-0.1, -0.05) is 24.3 Å². The lowest BCUT2D eigenvalue weighted by molar-refractivity contribution is 0.0601. The van der Waals surface area contributed by atoms with Gasteiger partial charge in [-0.05, 0) is 60.7 Å². The predicted octanol–water partition coefficient (Wildman–Crippen LogP) is 5.31. The van der Waals surface area contributed by atoms with Gasteiger partial charge >= 0.3 is 5.97 Å². The van der Waals surface area contributed by atoms with Gasteiger partial charge in [0.15, 0.2) is 5.11 Å². The molecule has 0 unspecified atom stereocenters. The molecule has 2 aromatic heterocycles. The number of nitrogens with zero attached hydrogens (tertiary/aromatic N) is 2. The van der Waals surface area contributed by atoms with Crippen LogP contribution in [0.5, 0.6) is 5.75 Å². The minimum Gasteiger partial charge on any atom is -0.497 e. The summed E-state index contributed by atoms with van der Waals surface area (Å²) in [5.41, 5.74) is 2.94. The largest absolute Gasteiger partial charge is 0.497 e. The van der Waals surface area contributed by atoms with Crippen LogP contribution in [0.1, 0.15) is 33.9 Å². The molecule has 0 aliphatic carbocycles. The van der Waals surface area contributed by atoms with Gasteiger partial charge in [0, 0.05) is 23.5 Å². The highest BCUT2D eigenvalue weighted by molar-refractivity contribution is 7.80. The van der Waals surface area contributed by atoms with Gasteiger partial charge in [-0.25, -0.2) is 4.79 Å². The number of nitrogens with one attached hydrogen (secondary N) is 1. The second-order valence-electron chi connectivity index (χ2n) is 7.97. The molecule has 1 aliphatic rings. The quantitative estimate of drug-likeness (QED) is 0.291. The molecule has 35 heavy (non-hydrogen) atoms. The fraction of sp³-hybridized carbons (Fsp3) is 0.148. The summed E-state index contributed by atoms with van der Waals surface area (Å²) in [4.78, 5) is 18.6. The SMILES string of the molecule is COC(=O)c1cccc(-c2ccc([C@@H]3[C@H](c4ccccn4)NC(=S)N3c3cccc(OC)c3)o2)c1. The first-order chi connectivity index (χ1) is 17.1. The average molecular weight is 486 g/mol. The standard InChI is InChI=1S/C27H23N3O4S/c1-32-20-10-6-9-19(16-20)30-25(24(29-27(30)35)21-11-3-4-14-28-21)23-13-12-22(34-23)17-7-5-8-18(15-17)26(31)33-2/h3-16,24-25H,1-2H3,(H,29,35)/t24-,25+/m0/s1. The Morgan fingerprint density at radius 2 is 1.89 bits per heavy atom. The van der Waals surface area contributed by atoms with Crippen LogP contribution in [0.15, 0.2) is 89.5 Å². The monoisotopic (exact) mass is 485 g/mol. The lowest BCUT2D eigenvalue weighted by Gasteiger charge is -2.26. The normalized spacial score (nSPS) is 17.2. The van der Waals surface area contributed by atoms with Gasteiger partial charge in [0.2, 0.25) is 0 Å². The Bertz CT molecular complexity index is 1370. The molecule has 5 rings (SSSR count). The minimum atomic E-state index is -0.400. The number of methoxy groups -OCH3 is 2. The number of rotatable bonds is 6. The topological polar surface area (TPSA) is 76.8 Å². The van der Waals surface area contributed by atoms with Crippen LogP contribution in [0, 0.1) is 0 Å². The van der Waals surface area contributed by atoms with Crippen molar-refractivity contribution in [3.05, 3.63) is 102 Å². The number of hydrogen-bond acceptors (Lipinski definition) is 6. The molecule has 0 amide bonds. The highest BCUT2D eigenvalue weighted by atomic mass is 32.1. The molecule has 2 aromatic carbocycles. The van der Waals surface area contributed by atoms with Crippen LogP contribution in [0.4, 0.5) is 5.69 Å². The summed E-state index contributed by atoms with van der Waals surface area (Å²) in [5, 5.41) is 3.98. The molecule has 1 aliphatic heterocycles. The van der Waals surface area contributed by atoms with Crippen molar-refractivity contribution in [2.24, 2.45) is 0 Å². The lowest BCUT2D eigenvalue weighted by atomic mass is 10.0. The van der Waals surface area contributed by atoms with Crippen molar-refractivity contribution < 1.29 is 18.7 Å². The molecule has 8 heteroatoms. The Hall–Kier alpha value is -4.17. The average Bonchev–Trinajstić information content (AvgIpc) is 3.53. The van der Waals surface area contributed by atoms with Gasteiger partial charge in [-0.2, -0.15) is 0 Å². The predicted molar refractivity (Wildman–Crippen MR) is 136 cm³/mol. The second kappa shape index (κ2) is 9.60. The molecule has 2 atom stereocenters. The van der Waals surface area contributed by atoms with Crippen LogP contribution in [-0.2, 0) is 4.74 Å². The van der Waals surface area contributed by atoms with E-state index < -0.39 is 5.97 Å². The van der Waals surface area contributed by atoms with E-state index in [2.05, 4.69) is 10.3 Å². The summed E-state index contributed by atoms with van der Waals surface area (Å²) in [7, 11) is 3.00. The van der Waals surface area contributed by atoms with E-state index in [1.807, 2.05) is 65.6 Å². The van der Waals surface area contributed by atoms with E-state index >= 15 is 0 Å². The van der Waals surface area contributed by atoms with Gasteiger partial charge in [0.25, 0.3) is 0 Å². The maximum absolute atomic E-state index is 12.0. The van der Waals surface area contributed by atoms with Crippen molar-refractivity contribution in [2.75, 3.05) is 19.1 Å². The van der Waals surface area contributed by atoms with Crippen LogP contribution in [0.25, 0.3) is 11.3 Å². The number of pyridine rings is 1. The van der Waals surface area contributed by atoms with Gasteiger partial charge in [0.1, 0.15) is 23.3 Å². The number of furan rings is 1. The number of esters is 1. The molecule has 4 aromatic rings. The van der Waals surface area contributed by atoms with Crippen LogP contribution in [0.3, 0.4) is 0 Å². The van der Waals surface area contributed by atoms with Crippen LogP contribution in [0.2, 0.25) is 0 Å². The Morgan fingerprint density at radius 1 is 1.03 bits per heavy atom. The van der Waals surface area contributed by atoms with E-state index in [0.717, 1.165) is 22.7 Å². The lowest BCUT2D eigenvalue weighted by Crippen LogP contribution is -2.29. The third-order valence-corrected chi connectivity index (χ3v) is 6.23. The van der Waals surface area contributed by atoms with Crippen molar-refractivity contribution in [1.82, 2.24) is 10.3 Å². The molecule has 7 nitrogen and oxygen atoms in total. The number of ether oxygens (including phenoxy) is 2. The number of anilines is 1. The molecule has 1 saturated heterocycles. The second-order valence-corrected chi connectivity index (χ2v) is 8.36. The van der Waals surface area contributed by atoms with Crippen molar-refractivity contribution >= 4 is 29.0 Å².